The molecular formula is C14H21IO3. The molecular weight excluding hydrogens is 343 g/mol. The van der Waals surface area contributed by atoms with E-state index in [2.05, 4.69) is 29.5 Å². The van der Waals surface area contributed by atoms with Gasteiger partial charge in [-0.3, -0.25) is 0 Å². The van der Waals surface area contributed by atoms with E-state index in [9.17, 15) is 5.11 Å². The Morgan fingerprint density at radius 2 is 2.17 bits per heavy atom. The topological polar surface area (TPSA) is 49.7 Å². The van der Waals surface area contributed by atoms with Crippen LogP contribution in [-0.4, -0.2) is 29.2 Å². The van der Waals surface area contributed by atoms with Crippen molar-refractivity contribution in [2.75, 3.05) is 6.61 Å². The minimum absolute atomic E-state index is 0.0102. The van der Waals surface area contributed by atoms with Crippen molar-refractivity contribution in [1.82, 2.24) is 0 Å². The van der Waals surface area contributed by atoms with Gasteiger partial charge < -0.3 is 14.9 Å². The van der Waals surface area contributed by atoms with Gasteiger partial charge in [-0.2, -0.15) is 0 Å². The van der Waals surface area contributed by atoms with Gasteiger partial charge in [0.05, 0.1) is 12.7 Å². The fourth-order valence-electron chi connectivity index (χ4n) is 1.84. The second-order valence-electron chi connectivity index (χ2n) is 4.68. The minimum Gasteiger partial charge on any atom is -0.392 e. The van der Waals surface area contributed by atoms with Gasteiger partial charge in [0.25, 0.3) is 0 Å². The first-order chi connectivity index (χ1) is 8.56. The van der Waals surface area contributed by atoms with Gasteiger partial charge in [-0.05, 0) is 42.8 Å². The van der Waals surface area contributed by atoms with Crippen molar-refractivity contribution in [1.29, 1.82) is 0 Å². The van der Waals surface area contributed by atoms with Crippen molar-refractivity contribution in [3.05, 3.63) is 33.0 Å². The summed E-state index contributed by atoms with van der Waals surface area (Å²) in [5.74, 6) is 0. The molecule has 0 fully saturated rings. The van der Waals surface area contributed by atoms with E-state index < -0.39 is 6.29 Å². The molecule has 0 aromatic heterocycles. The number of hydrogen-bond donors (Lipinski definition) is 2. The summed E-state index contributed by atoms with van der Waals surface area (Å²) in [6.45, 7) is 4.05. The minimum atomic E-state index is -0.764. The summed E-state index contributed by atoms with van der Waals surface area (Å²) in [4.78, 5) is 0. The molecule has 0 spiro atoms. The molecule has 3 nitrogen and oxygen atoms in total. The highest BCUT2D eigenvalue weighted by Crippen LogP contribution is 2.26. The van der Waals surface area contributed by atoms with Crippen molar-refractivity contribution < 1.29 is 14.9 Å². The fraction of sp³-hybridized carbons (Fsp3) is 0.571. The van der Waals surface area contributed by atoms with E-state index in [4.69, 9.17) is 9.84 Å². The predicted molar refractivity (Wildman–Crippen MR) is 81.4 cm³/mol. The molecule has 0 aliphatic carbocycles. The van der Waals surface area contributed by atoms with Crippen LogP contribution in [0.15, 0.2) is 33.0 Å². The molecule has 0 amide bonds. The molecule has 1 unspecified atom stereocenters. The van der Waals surface area contributed by atoms with Gasteiger partial charge in [0.1, 0.15) is 0 Å². The number of hydrogen-bond acceptors (Lipinski definition) is 3. The molecule has 0 saturated heterocycles. The van der Waals surface area contributed by atoms with Gasteiger partial charge in [0.15, 0.2) is 6.29 Å². The van der Waals surface area contributed by atoms with Crippen LogP contribution < -0.4 is 0 Å². The van der Waals surface area contributed by atoms with E-state index >= 15 is 0 Å². The summed E-state index contributed by atoms with van der Waals surface area (Å²) < 4.78 is 7.51. The second kappa shape index (κ2) is 8.09. The van der Waals surface area contributed by atoms with E-state index in [-0.39, 0.29) is 12.7 Å². The van der Waals surface area contributed by atoms with Crippen molar-refractivity contribution in [3.63, 3.8) is 0 Å². The molecule has 0 saturated carbocycles. The van der Waals surface area contributed by atoms with E-state index in [1.54, 1.807) is 0 Å². The molecule has 18 heavy (non-hydrogen) atoms. The number of rotatable bonds is 6. The zero-order valence-corrected chi connectivity index (χ0v) is 13.1. The van der Waals surface area contributed by atoms with Crippen LogP contribution in [0.3, 0.4) is 0 Å². The normalized spacial score (nSPS) is 25.5. The Hall–Kier alpha value is -0.170. The second-order valence-corrected chi connectivity index (χ2v) is 5.30. The maximum Gasteiger partial charge on any atom is 0.177 e. The monoisotopic (exact) mass is 364 g/mol. The smallest absolute Gasteiger partial charge is 0.177 e. The molecule has 2 atom stereocenters. The van der Waals surface area contributed by atoms with Crippen LogP contribution in [0.2, 0.25) is 0 Å². The summed E-state index contributed by atoms with van der Waals surface area (Å²) in [7, 11) is 0. The van der Waals surface area contributed by atoms with Crippen LogP contribution in [0.1, 0.15) is 33.1 Å². The Labute approximate surface area is 122 Å². The lowest BCUT2D eigenvalue weighted by Crippen LogP contribution is -2.13. The SMILES string of the molecule is C/C(=C\CCC1=C[C@H](C/C(C)=C/I)OC1O)CO. The van der Waals surface area contributed by atoms with Crippen LogP contribution in [-0.2, 0) is 4.74 Å². The van der Waals surface area contributed by atoms with Crippen LogP contribution >= 0.6 is 22.6 Å². The summed E-state index contributed by atoms with van der Waals surface area (Å²) in [5, 5.41) is 18.7. The molecule has 0 bridgehead atoms. The van der Waals surface area contributed by atoms with E-state index in [1.807, 2.05) is 23.2 Å². The number of aliphatic hydroxyl groups is 2. The lowest BCUT2D eigenvalue weighted by atomic mass is 10.1. The van der Waals surface area contributed by atoms with Gasteiger partial charge in [0, 0.05) is 0 Å². The van der Waals surface area contributed by atoms with Gasteiger partial charge in [-0.1, -0.05) is 45.9 Å². The highest BCUT2D eigenvalue weighted by Gasteiger charge is 2.24. The highest BCUT2D eigenvalue weighted by molar-refractivity contribution is 14.1. The number of allylic oxidation sites excluding steroid dienone is 1. The quantitative estimate of drug-likeness (QED) is 0.563. The van der Waals surface area contributed by atoms with Crippen molar-refractivity contribution in [2.45, 2.75) is 45.5 Å². The molecule has 2 N–H and O–H groups in total. The summed E-state index contributed by atoms with van der Waals surface area (Å²) >= 11 is 2.21. The third kappa shape index (κ3) is 5.22. The van der Waals surface area contributed by atoms with Crippen molar-refractivity contribution in [3.8, 4) is 0 Å². The molecule has 1 aliphatic rings. The zero-order valence-electron chi connectivity index (χ0n) is 10.9. The van der Waals surface area contributed by atoms with Crippen LogP contribution in [0.25, 0.3) is 0 Å². The highest BCUT2D eigenvalue weighted by atomic mass is 127. The maximum atomic E-state index is 9.79. The lowest BCUT2D eigenvalue weighted by molar-refractivity contribution is -0.0797. The van der Waals surface area contributed by atoms with Gasteiger partial charge >= 0.3 is 0 Å². The molecule has 1 aliphatic heterocycles. The van der Waals surface area contributed by atoms with Crippen LogP contribution in [0.4, 0.5) is 0 Å². The molecule has 102 valence electrons. The molecule has 4 heteroatoms. The van der Waals surface area contributed by atoms with E-state index in [0.717, 1.165) is 30.4 Å². The molecule has 1 heterocycles. The standard InChI is InChI=1S/C14H21IO3/c1-10(9-16)4-3-5-12-7-13(18-14(12)17)6-11(2)8-15/h4,7-8,13-14,16-17H,3,5-6,9H2,1-2H3/b10-4+,11-8+/t13-,14?/m0/s1. The molecule has 0 aromatic carbocycles. The molecule has 0 aromatic rings. The van der Waals surface area contributed by atoms with Crippen LogP contribution in [0.5, 0.6) is 0 Å². The lowest BCUT2D eigenvalue weighted by Gasteiger charge is -2.11. The number of aliphatic hydroxyl groups excluding tert-OH is 2. The van der Waals surface area contributed by atoms with Crippen molar-refractivity contribution in [2.24, 2.45) is 0 Å². The predicted octanol–water partition coefficient (Wildman–Crippen LogP) is 3.08. The first-order valence-electron chi connectivity index (χ1n) is 6.13. The summed E-state index contributed by atoms with van der Waals surface area (Å²) in [6.07, 6.45) is 5.68. The maximum absolute atomic E-state index is 9.79. The number of ether oxygens (including phenoxy) is 1. The Bertz CT molecular complexity index is 358. The van der Waals surface area contributed by atoms with Gasteiger partial charge in [-0.15, -0.1) is 0 Å². The first kappa shape index (κ1) is 15.9. The fourth-order valence-corrected chi connectivity index (χ4v) is 2.09. The Balaban J connectivity index is 2.47. The largest absolute Gasteiger partial charge is 0.392 e. The average molecular weight is 364 g/mol. The van der Waals surface area contributed by atoms with Crippen molar-refractivity contribution >= 4 is 22.6 Å². The van der Waals surface area contributed by atoms with E-state index in [0.29, 0.717) is 0 Å². The summed E-state index contributed by atoms with van der Waals surface area (Å²) in [6, 6.07) is 0. The summed E-state index contributed by atoms with van der Waals surface area (Å²) in [5.41, 5.74) is 3.16. The van der Waals surface area contributed by atoms with Crippen LogP contribution in [0, 0.1) is 0 Å². The Morgan fingerprint density at radius 3 is 2.78 bits per heavy atom. The van der Waals surface area contributed by atoms with Gasteiger partial charge in [-0.25, -0.2) is 0 Å². The average Bonchev–Trinajstić information content (AvgIpc) is 2.69. The third-order valence-electron chi connectivity index (χ3n) is 2.91. The molecule has 0 radical (unpaired) electrons. The molecule has 1 rings (SSSR count). The number of halogens is 1. The zero-order chi connectivity index (χ0) is 13.5. The van der Waals surface area contributed by atoms with Gasteiger partial charge in [0.2, 0.25) is 0 Å². The Kier molecular flexibility index (Phi) is 7.14. The first-order valence-corrected chi connectivity index (χ1v) is 7.37. The third-order valence-corrected chi connectivity index (χ3v) is 3.97. The Morgan fingerprint density at radius 1 is 1.44 bits per heavy atom. The van der Waals surface area contributed by atoms with E-state index in [1.165, 1.54) is 5.57 Å².